The molecule has 0 heterocycles. The molecule has 8 heteroatoms. The van der Waals surface area contributed by atoms with Crippen LogP contribution in [0.3, 0.4) is 0 Å². The minimum Gasteiger partial charge on any atom is -0.478 e. The molecule has 2 rings (SSSR count). The lowest BCUT2D eigenvalue weighted by Crippen LogP contribution is -2.31. The van der Waals surface area contributed by atoms with Crippen molar-refractivity contribution in [1.82, 2.24) is 4.72 Å². The van der Waals surface area contributed by atoms with Gasteiger partial charge in [-0.3, -0.25) is 0 Å². The number of aromatic carboxylic acids is 1. The molecule has 7 nitrogen and oxygen atoms in total. The van der Waals surface area contributed by atoms with E-state index in [4.69, 9.17) is 15.9 Å². The molecule has 21 heavy (non-hydrogen) atoms. The summed E-state index contributed by atoms with van der Waals surface area (Å²) < 4.78 is 27.0. The Kier molecular flexibility index (Phi) is 4.22. The van der Waals surface area contributed by atoms with Crippen LogP contribution in [0.1, 0.15) is 29.6 Å². The van der Waals surface area contributed by atoms with Gasteiger partial charge < -0.3 is 15.9 Å². The van der Waals surface area contributed by atoms with Gasteiger partial charge in [0, 0.05) is 18.8 Å². The second kappa shape index (κ2) is 5.63. The van der Waals surface area contributed by atoms with Crippen molar-refractivity contribution in [3.63, 3.8) is 0 Å². The number of aliphatic hydroxyl groups is 1. The average Bonchev–Trinajstić information content (AvgIpc) is 3.17. The van der Waals surface area contributed by atoms with E-state index in [-0.39, 0.29) is 34.7 Å². The molecule has 0 aliphatic heterocycles. The molecule has 5 N–H and O–H groups in total. The SMILES string of the molecule is Nc1ccc(C(=O)O)c(S(=O)(=O)NCC2(CCO)CC2)c1. The molecule has 0 spiro atoms. The minimum atomic E-state index is -3.96. The van der Waals surface area contributed by atoms with E-state index >= 15 is 0 Å². The maximum absolute atomic E-state index is 12.3. The number of carboxylic acids is 1. The number of carboxylic acid groups (broad SMARTS) is 1. The van der Waals surface area contributed by atoms with E-state index in [0.29, 0.717) is 6.42 Å². The summed E-state index contributed by atoms with van der Waals surface area (Å²) in [7, 11) is -3.96. The Morgan fingerprint density at radius 1 is 1.38 bits per heavy atom. The van der Waals surface area contributed by atoms with Gasteiger partial charge >= 0.3 is 5.97 Å². The highest BCUT2D eigenvalue weighted by atomic mass is 32.2. The number of benzene rings is 1. The fraction of sp³-hybridized carbons (Fsp3) is 0.462. The second-order valence-corrected chi connectivity index (χ2v) is 7.09. The van der Waals surface area contributed by atoms with Gasteiger partial charge in [0.1, 0.15) is 0 Å². The van der Waals surface area contributed by atoms with Gasteiger partial charge in [-0.1, -0.05) is 0 Å². The molecule has 1 fully saturated rings. The van der Waals surface area contributed by atoms with Crippen LogP contribution in [-0.2, 0) is 10.0 Å². The van der Waals surface area contributed by atoms with Crippen molar-refractivity contribution >= 4 is 21.7 Å². The van der Waals surface area contributed by atoms with Crippen LogP contribution in [0.4, 0.5) is 5.69 Å². The van der Waals surface area contributed by atoms with E-state index in [9.17, 15) is 13.2 Å². The Bertz CT molecular complexity index is 653. The van der Waals surface area contributed by atoms with Crippen LogP contribution in [0.2, 0.25) is 0 Å². The molecule has 1 aliphatic carbocycles. The monoisotopic (exact) mass is 314 g/mol. The third-order valence-electron chi connectivity index (χ3n) is 3.76. The van der Waals surface area contributed by atoms with Gasteiger partial charge in [-0.2, -0.15) is 0 Å². The maximum Gasteiger partial charge on any atom is 0.337 e. The van der Waals surface area contributed by atoms with Gasteiger partial charge in [-0.15, -0.1) is 0 Å². The van der Waals surface area contributed by atoms with E-state index in [1.165, 1.54) is 12.1 Å². The summed E-state index contributed by atoms with van der Waals surface area (Å²) in [4.78, 5) is 10.8. The number of nitrogens with two attached hydrogens (primary N) is 1. The zero-order valence-corrected chi connectivity index (χ0v) is 12.2. The first-order valence-corrected chi connectivity index (χ1v) is 8.01. The lowest BCUT2D eigenvalue weighted by atomic mass is 10.0. The van der Waals surface area contributed by atoms with Crippen molar-refractivity contribution in [3.8, 4) is 0 Å². The van der Waals surface area contributed by atoms with Gasteiger partial charge in [0.2, 0.25) is 10.0 Å². The van der Waals surface area contributed by atoms with Crippen LogP contribution in [0.5, 0.6) is 0 Å². The normalized spacial score (nSPS) is 16.6. The van der Waals surface area contributed by atoms with Crippen LogP contribution in [0.15, 0.2) is 23.1 Å². The summed E-state index contributed by atoms with van der Waals surface area (Å²) in [6.45, 7) is 0.185. The van der Waals surface area contributed by atoms with E-state index in [1.54, 1.807) is 0 Å². The molecule has 1 aliphatic rings. The quantitative estimate of drug-likeness (QED) is 0.539. The highest BCUT2D eigenvalue weighted by Gasteiger charge is 2.42. The molecular formula is C13H18N2O5S. The number of carbonyl (C=O) groups is 1. The van der Waals surface area contributed by atoms with Crippen molar-refractivity contribution in [1.29, 1.82) is 0 Å². The third kappa shape index (κ3) is 3.52. The standard InChI is InChI=1S/C13H18N2O5S/c14-9-1-2-10(12(17)18)11(7-9)21(19,20)15-8-13(3-4-13)5-6-16/h1-2,7,15-16H,3-6,8,14H2,(H,17,18). The van der Waals surface area contributed by atoms with Crippen LogP contribution >= 0.6 is 0 Å². The van der Waals surface area contributed by atoms with Crippen molar-refractivity contribution in [2.75, 3.05) is 18.9 Å². The molecule has 0 atom stereocenters. The largest absolute Gasteiger partial charge is 0.478 e. The van der Waals surface area contributed by atoms with E-state index < -0.39 is 16.0 Å². The Hall–Kier alpha value is -1.64. The molecule has 0 unspecified atom stereocenters. The van der Waals surface area contributed by atoms with Gasteiger partial charge in [0.25, 0.3) is 0 Å². The topological polar surface area (TPSA) is 130 Å². The van der Waals surface area contributed by atoms with Crippen LogP contribution in [0, 0.1) is 5.41 Å². The Morgan fingerprint density at radius 2 is 2.05 bits per heavy atom. The molecule has 116 valence electrons. The number of nitrogens with one attached hydrogen (secondary N) is 1. The maximum atomic E-state index is 12.3. The zero-order valence-electron chi connectivity index (χ0n) is 11.4. The molecule has 0 bridgehead atoms. The van der Waals surface area contributed by atoms with E-state index in [2.05, 4.69) is 4.72 Å². The average molecular weight is 314 g/mol. The highest BCUT2D eigenvalue weighted by molar-refractivity contribution is 7.89. The predicted octanol–water partition coefficient (Wildman–Crippen LogP) is 0.408. The van der Waals surface area contributed by atoms with Crippen molar-refractivity contribution in [2.24, 2.45) is 5.41 Å². The number of anilines is 1. The molecule has 1 aromatic carbocycles. The fourth-order valence-electron chi connectivity index (χ4n) is 2.19. The Balaban J connectivity index is 2.23. The fourth-order valence-corrected chi connectivity index (χ4v) is 3.58. The number of hydrogen-bond acceptors (Lipinski definition) is 5. The predicted molar refractivity (Wildman–Crippen MR) is 76.4 cm³/mol. The van der Waals surface area contributed by atoms with Crippen molar-refractivity contribution < 1.29 is 23.4 Å². The second-order valence-electron chi connectivity index (χ2n) is 5.36. The highest BCUT2D eigenvalue weighted by Crippen LogP contribution is 2.48. The number of sulfonamides is 1. The summed E-state index contributed by atoms with van der Waals surface area (Å²) in [5, 5.41) is 18.0. The lowest BCUT2D eigenvalue weighted by Gasteiger charge is -2.16. The molecule has 0 radical (unpaired) electrons. The minimum absolute atomic E-state index is 0.000386. The first kappa shape index (κ1) is 15.7. The van der Waals surface area contributed by atoms with Crippen molar-refractivity contribution in [2.45, 2.75) is 24.2 Å². The lowest BCUT2D eigenvalue weighted by molar-refractivity contribution is 0.0692. The summed E-state index contributed by atoms with van der Waals surface area (Å²) >= 11 is 0. The van der Waals surface area contributed by atoms with E-state index in [0.717, 1.165) is 18.9 Å². The third-order valence-corrected chi connectivity index (χ3v) is 5.20. The first-order valence-electron chi connectivity index (χ1n) is 6.53. The smallest absolute Gasteiger partial charge is 0.337 e. The van der Waals surface area contributed by atoms with Gasteiger partial charge in [0.15, 0.2) is 0 Å². The molecule has 1 saturated carbocycles. The van der Waals surface area contributed by atoms with Crippen molar-refractivity contribution in [3.05, 3.63) is 23.8 Å². The summed E-state index contributed by atoms with van der Waals surface area (Å²) in [6, 6.07) is 3.65. The Labute approximate surface area is 122 Å². The molecular weight excluding hydrogens is 296 g/mol. The summed E-state index contributed by atoms with van der Waals surface area (Å²) in [5.41, 5.74) is 5.21. The van der Waals surface area contributed by atoms with Gasteiger partial charge in [-0.05, 0) is 42.9 Å². The number of rotatable bonds is 7. The van der Waals surface area contributed by atoms with Crippen LogP contribution in [0.25, 0.3) is 0 Å². The van der Waals surface area contributed by atoms with Gasteiger partial charge in [0.05, 0.1) is 10.5 Å². The number of hydrogen-bond donors (Lipinski definition) is 4. The molecule has 1 aromatic rings. The molecule has 0 aromatic heterocycles. The van der Waals surface area contributed by atoms with Crippen LogP contribution < -0.4 is 10.5 Å². The van der Waals surface area contributed by atoms with Gasteiger partial charge in [-0.25, -0.2) is 17.9 Å². The number of nitrogen functional groups attached to an aromatic ring is 1. The summed E-state index contributed by atoms with van der Waals surface area (Å²) in [5.74, 6) is -1.33. The molecule has 0 saturated heterocycles. The zero-order chi connectivity index (χ0) is 15.7. The first-order chi connectivity index (χ1) is 9.80. The molecule has 0 amide bonds. The summed E-state index contributed by atoms with van der Waals surface area (Å²) in [6.07, 6.45) is 2.22. The van der Waals surface area contributed by atoms with E-state index in [1.807, 2.05) is 0 Å². The number of aliphatic hydroxyl groups excluding tert-OH is 1. The van der Waals surface area contributed by atoms with Crippen LogP contribution in [-0.4, -0.2) is 37.8 Å². The Morgan fingerprint density at radius 3 is 2.57 bits per heavy atom.